The second-order valence-corrected chi connectivity index (χ2v) is 11.7. The number of rotatable bonds is 12. The van der Waals surface area contributed by atoms with Crippen molar-refractivity contribution in [1.82, 2.24) is 20.4 Å². The summed E-state index contributed by atoms with van der Waals surface area (Å²) in [7, 11) is 3.52. The van der Waals surface area contributed by atoms with E-state index in [4.69, 9.17) is 23.9 Å². The number of alkyl carbamates (subject to hydrolysis) is 1. The molecule has 12 heteroatoms. The molecule has 2 amide bonds. The van der Waals surface area contributed by atoms with Gasteiger partial charge in [0.15, 0.2) is 5.78 Å². The van der Waals surface area contributed by atoms with E-state index in [1.54, 1.807) is 7.11 Å². The molecule has 0 radical (unpaired) electrons. The number of amides is 2. The van der Waals surface area contributed by atoms with Gasteiger partial charge < -0.3 is 29.2 Å². The number of aliphatic imine (C=N–C) groups is 1. The summed E-state index contributed by atoms with van der Waals surface area (Å²) in [5.41, 5.74) is 1.96. The first-order chi connectivity index (χ1) is 21.7. The van der Waals surface area contributed by atoms with Gasteiger partial charge >= 0.3 is 6.09 Å². The topological polar surface area (TPSA) is 131 Å². The van der Waals surface area contributed by atoms with Crippen molar-refractivity contribution in [3.63, 3.8) is 0 Å². The summed E-state index contributed by atoms with van der Waals surface area (Å²) in [4.78, 5) is 48.5. The highest BCUT2D eigenvalue weighted by molar-refractivity contribution is 5.98. The van der Waals surface area contributed by atoms with E-state index in [1.807, 2.05) is 85.3 Å². The van der Waals surface area contributed by atoms with E-state index >= 15 is 0 Å². The summed E-state index contributed by atoms with van der Waals surface area (Å²) in [6.45, 7) is 7.13. The van der Waals surface area contributed by atoms with Crippen molar-refractivity contribution in [2.75, 3.05) is 60.2 Å². The van der Waals surface area contributed by atoms with Crippen molar-refractivity contribution in [1.29, 1.82) is 0 Å². The van der Waals surface area contributed by atoms with Gasteiger partial charge in [-0.05, 0) is 36.2 Å². The Morgan fingerprint density at radius 3 is 2.44 bits per heavy atom. The fourth-order valence-corrected chi connectivity index (χ4v) is 5.03. The SMILES string of the molecule is COc1ccc(CC(N=C(NC(=O)OCC(C)C)N2CCOCC2)C(=O)NC2COC(CN(C)Cc3ccccc3)C2=O)cc1. The molecule has 12 nitrogen and oxygen atoms in total. The predicted molar refractivity (Wildman–Crippen MR) is 169 cm³/mol. The monoisotopic (exact) mass is 623 g/mol. The summed E-state index contributed by atoms with van der Waals surface area (Å²) < 4.78 is 21.9. The van der Waals surface area contributed by atoms with Gasteiger partial charge in [-0.2, -0.15) is 0 Å². The minimum Gasteiger partial charge on any atom is -0.497 e. The molecule has 0 saturated carbocycles. The number of likely N-dealkylation sites (N-methyl/N-ethyl adjacent to an activating group) is 1. The standard InChI is InChI=1S/C33H45N5O7/c1-23(2)21-45-33(41)36-32(38-14-16-43-17-15-38)35-27(18-24-10-12-26(42-4)13-11-24)31(40)34-28-22-44-29(30(28)39)20-37(3)19-25-8-6-5-7-9-25/h5-13,23,27-29H,14-22H2,1-4H3,(H,34,40)(H,35,36,41). The van der Waals surface area contributed by atoms with Crippen LogP contribution >= 0.6 is 0 Å². The highest BCUT2D eigenvalue weighted by Gasteiger charge is 2.38. The lowest BCUT2D eigenvalue weighted by Gasteiger charge is -2.30. The molecule has 2 aromatic rings. The Labute approximate surface area is 265 Å². The van der Waals surface area contributed by atoms with Crippen molar-refractivity contribution in [2.45, 2.75) is 45.0 Å². The van der Waals surface area contributed by atoms with Gasteiger partial charge in [-0.15, -0.1) is 0 Å². The number of benzene rings is 2. The third kappa shape index (κ3) is 10.5. The molecule has 2 N–H and O–H groups in total. The van der Waals surface area contributed by atoms with Gasteiger partial charge in [0.2, 0.25) is 11.9 Å². The van der Waals surface area contributed by atoms with Crippen LogP contribution in [0.5, 0.6) is 5.75 Å². The smallest absolute Gasteiger partial charge is 0.413 e. The molecular weight excluding hydrogens is 578 g/mol. The molecule has 0 aromatic heterocycles. The first-order valence-electron chi connectivity index (χ1n) is 15.4. The summed E-state index contributed by atoms with van der Waals surface area (Å²) in [6, 6.07) is 15.5. The van der Waals surface area contributed by atoms with E-state index in [-0.39, 0.29) is 37.3 Å². The van der Waals surface area contributed by atoms with Crippen LogP contribution in [0.4, 0.5) is 4.79 Å². The number of Topliss-reactive ketones (excluding diaryl/α,β-unsaturated/α-hetero) is 1. The zero-order chi connectivity index (χ0) is 32.2. The van der Waals surface area contributed by atoms with E-state index in [0.717, 1.165) is 11.1 Å². The molecule has 0 aliphatic carbocycles. The van der Waals surface area contributed by atoms with Crippen LogP contribution in [0.25, 0.3) is 0 Å². The Morgan fingerprint density at radius 1 is 1.07 bits per heavy atom. The van der Waals surface area contributed by atoms with Crippen molar-refractivity contribution in [3.8, 4) is 5.75 Å². The van der Waals surface area contributed by atoms with Gasteiger partial charge in [0.25, 0.3) is 0 Å². The van der Waals surface area contributed by atoms with Crippen LogP contribution in [0.15, 0.2) is 59.6 Å². The third-order valence-electron chi connectivity index (χ3n) is 7.46. The third-order valence-corrected chi connectivity index (χ3v) is 7.46. The summed E-state index contributed by atoms with van der Waals surface area (Å²) in [6.07, 6.45) is -1.09. The molecule has 0 spiro atoms. The molecule has 2 aliphatic rings. The van der Waals surface area contributed by atoms with Gasteiger partial charge in [0.05, 0.1) is 33.5 Å². The minimum atomic E-state index is -0.964. The largest absolute Gasteiger partial charge is 0.497 e. The average molecular weight is 624 g/mol. The zero-order valence-electron chi connectivity index (χ0n) is 26.6. The van der Waals surface area contributed by atoms with Crippen molar-refractivity contribution in [3.05, 3.63) is 65.7 Å². The van der Waals surface area contributed by atoms with E-state index in [2.05, 4.69) is 10.6 Å². The maximum absolute atomic E-state index is 13.8. The average Bonchev–Trinajstić information content (AvgIpc) is 3.38. The summed E-state index contributed by atoms with van der Waals surface area (Å²) in [5, 5.41) is 5.62. The molecule has 2 heterocycles. The van der Waals surface area contributed by atoms with Crippen molar-refractivity contribution < 1.29 is 33.3 Å². The molecule has 0 bridgehead atoms. The Balaban J connectivity index is 1.49. The van der Waals surface area contributed by atoms with Gasteiger partial charge in [0, 0.05) is 32.6 Å². The van der Waals surface area contributed by atoms with Crippen LogP contribution in [0.1, 0.15) is 25.0 Å². The highest BCUT2D eigenvalue weighted by atomic mass is 16.5. The molecule has 2 aliphatic heterocycles. The van der Waals surface area contributed by atoms with Gasteiger partial charge in [0.1, 0.15) is 23.9 Å². The first kappa shape index (κ1) is 33.9. The van der Waals surface area contributed by atoms with Crippen LogP contribution < -0.4 is 15.4 Å². The molecule has 2 saturated heterocycles. The lowest BCUT2D eigenvalue weighted by molar-refractivity contribution is -0.128. The van der Waals surface area contributed by atoms with E-state index in [9.17, 15) is 14.4 Å². The van der Waals surface area contributed by atoms with Gasteiger partial charge in [-0.1, -0.05) is 56.3 Å². The highest BCUT2D eigenvalue weighted by Crippen LogP contribution is 2.17. The molecule has 2 aromatic carbocycles. The van der Waals surface area contributed by atoms with E-state index < -0.39 is 30.2 Å². The number of ketones is 1. The number of morpholine rings is 1. The number of guanidine groups is 1. The first-order valence-corrected chi connectivity index (χ1v) is 15.4. The number of hydrogen-bond acceptors (Lipinski definition) is 9. The van der Waals surface area contributed by atoms with Gasteiger partial charge in [-0.25, -0.2) is 9.79 Å². The Bertz CT molecular complexity index is 1280. The minimum absolute atomic E-state index is 0.0729. The van der Waals surface area contributed by atoms with Crippen molar-refractivity contribution in [2.24, 2.45) is 10.9 Å². The maximum Gasteiger partial charge on any atom is 0.413 e. The van der Waals surface area contributed by atoms with E-state index in [0.29, 0.717) is 45.1 Å². The van der Waals surface area contributed by atoms with Crippen LogP contribution in [0.3, 0.4) is 0 Å². The summed E-state index contributed by atoms with van der Waals surface area (Å²) in [5.74, 6) is 0.425. The normalized spacial score (nSPS) is 19.5. The predicted octanol–water partition coefficient (Wildman–Crippen LogP) is 2.26. The maximum atomic E-state index is 13.8. The zero-order valence-corrected chi connectivity index (χ0v) is 26.6. The number of nitrogens with zero attached hydrogens (tertiary/aromatic N) is 3. The molecule has 3 unspecified atom stereocenters. The van der Waals surface area contributed by atoms with E-state index in [1.165, 1.54) is 0 Å². The van der Waals surface area contributed by atoms with Crippen LogP contribution in [-0.2, 0) is 36.8 Å². The number of carbonyl (C=O) groups excluding carboxylic acids is 3. The molecule has 4 rings (SSSR count). The van der Waals surface area contributed by atoms with Crippen LogP contribution in [0.2, 0.25) is 0 Å². The molecule has 3 atom stereocenters. The lowest BCUT2D eigenvalue weighted by Crippen LogP contribution is -2.51. The quantitative estimate of drug-likeness (QED) is 0.270. The molecule has 244 valence electrons. The molecule has 45 heavy (non-hydrogen) atoms. The number of methoxy groups -OCH3 is 1. The number of nitrogens with one attached hydrogen (secondary N) is 2. The molecular formula is C33H45N5O7. The molecule has 2 fully saturated rings. The second kappa shape index (κ2) is 16.9. The summed E-state index contributed by atoms with van der Waals surface area (Å²) >= 11 is 0. The lowest BCUT2D eigenvalue weighted by atomic mass is 10.0. The van der Waals surface area contributed by atoms with Crippen LogP contribution in [-0.4, -0.2) is 112 Å². The number of carbonyl (C=O) groups is 3. The van der Waals surface area contributed by atoms with Crippen molar-refractivity contribution >= 4 is 23.7 Å². The van der Waals surface area contributed by atoms with Crippen LogP contribution in [0, 0.1) is 5.92 Å². The second-order valence-electron chi connectivity index (χ2n) is 11.7. The Kier molecular flexibility index (Phi) is 12.7. The fourth-order valence-electron chi connectivity index (χ4n) is 5.03. The Hall–Kier alpha value is -4.00. The Morgan fingerprint density at radius 2 is 1.78 bits per heavy atom. The number of ether oxygens (including phenoxy) is 4. The van der Waals surface area contributed by atoms with Gasteiger partial charge in [-0.3, -0.25) is 19.8 Å². The fraction of sp³-hybridized carbons (Fsp3) is 0.515. The number of hydrogen-bond donors (Lipinski definition) is 2.